The molecule has 0 bridgehead atoms. The normalized spacial score (nSPS) is 21.0. The molecular weight excluding hydrogens is 871 g/mol. The molecule has 7 aliphatic rings. The number of benzene rings is 2. The van der Waals surface area contributed by atoms with E-state index in [0.29, 0.717) is 44.2 Å². The topological polar surface area (TPSA) is 148 Å². The third-order valence-electron chi connectivity index (χ3n) is 15.2. The highest BCUT2D eigenvalue weighted by Crippen LogP contribution is 2.45. The van der Waals surface area contributed by atoms with Crippen molar-refractivity contribution in [1.29, 1.82) is 0 Å². The predicted molar refractivity (Wildman–Crippen MR) is 256 cm³/mol. The van der Waals surface area contributed by atoms with E-state index in [-0.39, 0.29) is 42.9 Å². The van der Waals surface area contributed by atoms with Crippen LogP contribution in [0.1, 0.15) is 134 Å². The van der Waals surface area contributed by atoms with E-state index in [1.807, 2.05) is 61.0 Å². The quantitative estimate of drug-likeness (QED) is 0.188. The maximum atomic E-state index is 15.2. The average molecular weight is 933 g/mol. The van der Waals surface area contributed by atoms with Crippen LogP contribution in [0, 0.1) is 0 Å². The number of carbonyl (C=O) groups excluding carboxylic acids is 5. The third-order valence-corrected chi connectivity index (χ3v) is 15.2. The zero-order valence-electron chi connectivity index (χ0n) is 39.3. The number of likely N-dealkylation sites (tertiary alicyclic amines) is 1. The molecule has 2 aromatic heterocycles. The number of carbonyl (C=O) groups is 5. The van der Waals surface area contributed by atoms with Gasteiger partial charge in [0.2, 0.25) is 17.7 Å². The second-order valence-electron chi connectivity index (χ2n) is 18.9. The molecule has 1 atom stereocenters. The van der Waals surface area contributed by atoms with Crippen molar-refractivity contribution >= 4 is 52.8 Å². The lowest BCUT2D eigenvalue weighted by atomic mass is 9.90. The number of halogens is 2. The van der Waals surface area contributed by atoms with Gasteiger partial charge in [0.25, 0.3) is 18.2 Å². The smallest absolute Gasteiger partial charge is 0.264 e. The fourth-order valence-electron chi connectivity index (χ4n) is 11.8. The number of nitrogens with zero attached hydrogens (tertiary/aromatic N) is 8. The number of rotatable bonds is 7. The monoisotopic (exact) mass is 932 g/mol. The van der Waals surface area contributed by atoms with Crippen LogP contribution in [-0.4, -0.2) is 110 Å². The van der Waals surface area contributed by atoms with Gasteiger partial charge in [-0.3, -0.25) is 38.9 Å². The lowest BCUT2D eigenvalue weighted by Gasteiger charge is -2.42. The number of piperidine rings is 3. The molecule has 11 rings (SSSR count). The number of imide groups is 2. The second kappa shape index (κ2) is 18.3. The second-order valence-corrected chi connectivity index (χ2v) is 18.9. The Balaban J connectivity index is 0.00000195. The van der Waals surface area contributed by atoms with Crippen LogP contribution < -0.4 is 20.4 Å². The van der Waals surface area contributed by atoms with Gasteiger partial charge < -0.3 is 29.5 Å². The summed E-state index contributed by atoms with van der Waals surface area (Å²) in [7, 11) is 1.95. The van der Waals surface area contributed by atoms with E-state index in [4.69, 9.17) is 5.10 Å². The Labute approximate surface area is 396 Å². The summed E-state index contributed by atoms with van der Waals surface area (Å²) in [5, 5.41) is 10.9. The Morgan fingerprint density at radius 2 is 1.57 bits per heavy atom. The molecule has 15 nitrogen and oxygen atoms in total. The molecule has 7 aliphatic heterocycles. The van der Waals surface area contributed by atoms with Crippen molar-refractivity contribution in [2.75, 3.05) is 49.1 Å². The van der Waals surface area contributed by atoms with Crippen LogP contribution in [-0.2, 0) is 47.4 Å². The van der Waals surface area contributed by atoms with Gasteiger partial charge in [0, 0.05) is 131 Å². The molecular formula is C51H62F2N10O5. The number of hydrogen-bond donors (Lipinski definition) is 2. The summed E-state index contributed by atoms with van der Waals surface area (Å²) in [4.78, 5) is 73.7. The molecule has 68 heavy (non-hydrogen) atoms. The summed E-state index contributed by atoms with van der Waals surface area (Å²) < 4.78 is 34.5. The molecule has 0 radical (unpaired) electrons. The number of amides is 5. The lowest BCUT2D eigenvalue weighted by molar-refractivity contribution is -0.136. The van der Waals surface area contributed by atoms with E-state index in [0.717, 1.165) is 120 Å². The van der Waals surface area contributed by atoms with Gasteiger partial charge in [0.1, 0.15) is 6.04 Å². The van der Waals surface area contributed by atoms with E-state index >= 15 is 8.78 Å². The van der Waals surface area contributed by atoms with E-state index in [1.165, 1.54) is 0 Å². The van der Waals surface area contributed by atoms with Gasteiger partial charge in [-0.25, -0.2) is 8.78 Å². The largest absolute Gasteiger partial charge is 0.387 e. The van der Waals surface area contributed by atoms with E-state index in [9.17, 15) is 24.0 Å². The molecule has 0 aliphatic carbocycles. The molecule has 2 aromatic carbocycles. The van der Waals surface area contributed by atoms with Crippen LogP contribution in [0.25, 0.3) is 17.2 Å². The fraction of sp³-hybridized carbons (Fsp3) is 0.490. The fourth-order valence-corrected chi connectivity index (χ4v) is 11.8. The highest BCUT2D eigenvalue weighted by molar-refractivity contribution is 6.23. The minimum absolute atomic E-state index is 0. The van der Waals surface area contributed by atoms with Crippen molar-refractivity contribution in [2.45, 2.75) is 116 Å². The Bertz CT molecular complexity index is 2730. The highest BCUT2D eigenvalue weighted by Gasteiger charge is 2.45. The number of alkyl halides is 2. The number of fused-ring (bicyclic) bond motifs is 4. The van der Waals surface area contributed by atoms with E-state index in [2.05, 4.69) is 30.0 Å². The molecule has 0 saturated carbocycles. The van der Waals surface area contributed by atoms with Crippen LogP contribution >= 0.6 is 0 Å². The standard InChI is InChI=1S/C49H54F2N10O5.C2H6.H2/c1-28(62)58-21-14-41-39(27-58)46(59-16-3-4-29-22-34(35(45(50)51)24-43(29)59)38-26-55(2)40-9-15-52-25-37(38)40)54-61(41)31-12-19-56(20-13-31)30-10-17-57(18-11-30)32-5-6-33-36(23-32)49(66)60(48(33)65)42-7-8-44(63)53-47(42)64;1-2;/h5-6,9,15,22-24,26,30-31,42,45,52H,3-4,7-8,10-14,16-21,25,27H2,1-2H3,(H,53,63,64);1-2H3;1H. The van der Waals surface area contributed by atoms with Crippen LogP contribution in [0.15, 0.2) is 42.7 Å². The van der Waals surface area contributed by atoms with Gasteiger partial charge >= 0.3 is 0 Å². The molecule has 3 saturated heterocycles. The van der Waals surface area contributed by atoms with Gasteiger partial charge in [0.05, 0.1) is 23.7 Å². The summed E-state index contributed by atoms with van der Waals surface area (Å²) in [5.74, 6) is -1.25. The summed E-state index contributed by atoms with van der Waals surface area (Å²) in [6, 6.07) is 8.56. The summed E-state index contributed by atoms with van der Waals surface area (Å²) in [6.45, 7) is 11.3. The zero-order chi connectivity index (χ0) is 47.5. The van der Waals surface area contributed by atoms with E-state index in [1.54, 1.807) is 25.1 Å². The van der Waals surface area contributed by atoms with Crippen LogP contribution in [0.5, 0.6) is 0 Å². The van der Waals surface area contributed by atoms with Gasteiger partial charge in [-0.1, -0.05) is 13.8 Å². The first kappa shape index (κ1) is 45.4. The average Bonchev–Trinajstić information content (AvgIpc) is 3.99. The first-order valence-electron chi connectivity index (χ1n) is 24.4. The first-order chi connectivity index (χ1) is 32.9. The van der Waals surface area contributed by atoms with Crippen molar-refractivity contribution in [3.8, 4) is 11.1 Å². The molecule has 2 N–H and O–H groups in total. The Morgan fingerprint density at radius 3 is 2.31 bits per heavy atom. The van der Waals surface area contributed by atoms with Gasteiger partial charge in [-0.2, -0.15) is 5.10 Å². The molecule has 1 unspecified atom stereocenters. The molecule has 360 valence electrons. The molecule has 5 amide bonds. The lowest BCUT2D eigenvalue weighted by Crippen LogP contribution is -2.54. The number of nitrogens with one attached hydrogen (secondary N) is 2. The van der Waals surface area contributed by atoms with Crippen molar-refractivity contribution in [2.24, 2.45) is 7.05 Å². The predicted octanol–water partition coefficient (Wildman–Crippen LogP) is 6.87. The maximum Gasteiger partial charge on any atom is 0.264 e. The van der Waals surface area contributed by atoms with Gasteiger partial charge in [0.15, 0.2) is 5.82 Å². The Kier molecular flexibility index (Phi) is 12.2. The molecule has 4 aromatic rings. The first-order valence-corrected chi connectivity index (χ1v) is 24.4. The maximum absolute atomic E-state index is 15.2. The number of aromatic nitrogens is 3. The minimum atomic E-state index is -2.68. The Morgan fingerprint density at radius 1 is 0.824 bits per heavy atom. The third kappa shape index (κ3) is 7.85. The molecule has 9 heterocycles. The number of aryl methyl sites for hydroxylation is 2. The number of anilines is 3. The van der Waals surface area contributed by atoms with Gasteiger partial charge in [-0.05, 0) is 98.7 Å². The highest BCUT2D eigenvalue weighted by atomic mass is 19.3. The summed E-state index contributed by atoms with van der Waals surface area (Å²) in [5.41, 5.74) is 8.82. The number of hydrogen-bond acceptors (Lipinski definition) is 10. The van der Waals surface area contributed by atoms with Crippen LogP contribution in [0.2, 0.25) is 0 Å². The van der Waals surface area contributed by atoms with E-state index < -0.39 is 36.1 Å². The van der Waals surface area contributed by atoms with Crippen molar-refractivity contribution in [3.05, 3.63) is 87.5 Å². The summed E-state index contributed by atoms with van der Waals surface area (Å²) >= 11 is 0. The molecule has 17 heteroatoms. The van der Waals surface area contributed by atoms with Crippen LogP contribution in [0.4, 0.5) is 26.0 Å². The molecule has 3 fully saturated rings. The van der Waals surface area contributed by atoms with Crippen molar-refractivity contribution < 1.29 is 34.2 Å². The molecule has 0 spiro atoms. The minimum Gasteiger partial charge on any atom is -0.387 e. The zero-order valence-corrected chi connectivity index (χ0v) is 39.3. The van der Waals surface area contributed by atoms with Gasteiger partial charge in [-0.15, -0.1) is 0 Å². The van der Waals surface area contributed by atoms with Crippen LogP contribution in [0.3, 0.4) is 0 Å². The Hall–Kier alpha value is -6.36. The van der Waals surface area contributed by atoms with Crippen molar-refractivity contribution in [1.82, 2.24) is 39.7 Å². The summed E-state index contributed by atoms with van der Waals surface area (Å²) in [6.07, 6.45) is 9.37. The van der Waals surface area contributed by atoms with Crippen molar-refractivity contribution in [3.63, 3.8) is 0 Å². The SMILES string of the molecule is CC.CC(=O)N1CCc2c(c(N3CCCc4cc(-c5cn(C)c6c5CNC=C6)c(C(F)F)cc43)nn2C2CCN(C3CCN(c4ccc5c(c4)C(=O)N(C4CCC(=O)NC4=O)C5=O)CC3)CC2)C1.[HH].